The molecular weight excluding hydrogens is 709 g/mol. The Balaban J connectivity index is 1.18. The van der Waals surface area contributed by atoms with Gasteiger partial charge in [0.2, 0.25) is 0 Å². The number of para-hydroxylation sites is 1. The van der Waals surface area contributed by atoms with Crippen molar-refractivity contribution in [2.24, 2.45) is 0 Å². The normalized spacial score (nSPS) is 11.8. The highest BCUT2D eigenvalue weighted by atomic mass is 16.3. The molecule has 9 aromatic carbocycles. The summed E-state index contributed by atoms with van der Waals surface area (Å²) in [7, 11) is 0. The molecule has 12 rings (SSSR count). The van der Waals surface area contributed by atoms with Crippen LogP contribution in [-0.4, -0.2) is 19.5 Å². The van der Waals surface area contributed by atoms with Crippen LogP contribution in [0.4, 0.5) is 0 Å². The van der Waals surface area contributed by atoms with Gasteiger partial charge < -0.3 is 8.98 Å². The van der Waals surface area contributed by atoms with Crippen LogP contribution in [0.5, 0.6) is 0 Å². The van der Waals surface area contributed by atoms with E-state index in [1.807, 2.05) is 60.7 Å². The maximum absolute atomic E-state index is 7.22. The van der Waals surface area contributed by atoms with Crippen LogP contribution in [0.2, 0.25) is 0 Å². The highest BCUT2D eigenvalue weighted by Gasteiger charge is 2.24. The lowest BCUT2D eigenvalue weighted by Crippen LogP contribution is -2.00. The number of rotatable bonds is 5. The average Bonchev–Trinajstić information content (AvgIpc) is 3.84. The third-order valence-corrected chi connectivity index (χ3v) is 11.4. The minimum absolute atomic E-state index is 0.590. The third kappa shape index (κ3) is 5.07. The summed E-state index contributed by atoms with van der Waals surface area (Å²) in [5.41, 5.74) is 9.87. The number of furan rings is 1. The van der Waals surface area contributed by atoms with Crippen LogP contribution in [0.1, 0.15) is 0 Å². The van der Waals surface area contributed by atoms with Crippen LogP contribution in [0.15, 0.2) is 199 Å². The van der Waals surface area contributed by atoms with Crippen molar-refractivity contribution in [3.63, 3.8) is 0 Å². The van der Waals surface area contributed by atoms with Crippen molar-refractivity contribution in [3.8, 4) is 51.0 Å². The van der Waals surface area contributed by atoms with Gasteiger partial charge in [0, 0.05) is 43.6 Å². The van der Waals surface area contributed by atoms with Gasteiger partial charge in [0.1, 0.15) is 5.58 Å². The largest absolute Gasteiger partial charge is 0.453 e. The van der Waals surface area contributed by atoms with Gasteiger partial charge >= 0.3 is 0 Å². The minimum Gasteiger partial charge on any atom is -0.453 e. The Bertz CT molecular complexity index is 3500. The third-order valence-electron chi connectivity index (χ3n) is 11.4. The van der Waals surface area contributed by atoms with Gasteiger partial charge in [0.15, 0.2) is 23.1 Å². The molecule has 0 fully saturated rings. The van der Waals surface area contributed by atoms with Gasteiger partial charge in [-0.25, -0.2) is 15.0 Å². The number of hydrogen-bond donors (Lipinski definition) is 0. The Labute approximate surface area is 333 Å². The molecule has 12 aromatic rings. The summed E-state index contributed by atoms with van der Waals surface area (Å²) in [5.74, 6) is 1.82. The second-order valence-electron chi connectivity index (χ2n) is 14.8. The van der Waals surface area contributed by atoms with E-state index in [2.05, 4.69) is 138 Å². The molecule has 0 unspecified atom stereocenters. The molecule has 270 valence electrons. The molecule has 58 heavy (non-hydrogen) atoms. The zero-order valence-electron chi connectivity index (χ0n) is 31.2. The molecule has 5 nitrogen and oxygen atoms in total. The molecule has 3 aromatic heterocycles. The molecular formula is C53H32N4O. The number of aromatic nitrogens is 4. The van der Waals surface area contributed by atoms with Gasteiger partial charge in [-0.3, -0.25) is 0 Å². The Morgan fingerprint density at radius 2 is 0.914 bits per heavy atom. The Morgan fingerprint density at radius 3 is 1.62 bits per heavy atom. The first-order chi connectivity index (χ1) is 28.7. The maximum atomic E-state index is 7.22. The quantitative estimate of drug-likeness (QED) is 0.176. The summed E-state index contributed by atoms with van der Waals surface area (Å²) in [4.78, 5) is 15.4. The summed E-state index contributed by atoms with van der Waals surface area (Å²) >= 11 is 0. The lowest BCUT2D eigenvalue weighted by molar-refractivity contribution is 0.670. The summed E-state index contributed by atoms with van der Waals surface area (Å²) in [6.45, 7) is 0. The van der Waals surface area contributed by atoms with Crippen LogP contribution in [0.25, 0.3) is 116 Å². The number of hydrogen-bond acceptors (Lipinski definition) is 4. The molecule has 0 aliphatic rings. The zero-order valence-corrected chi connectivity index (χ0v) is 31.2. The highest BCUT2D eigenvalue weighted by molar-refractivity contribution is 6.22. The molecule has 0 saturated carbocycles. The molecule has 0 atom stereocenters. The van der Waals surface area contributed by atoms with Crippen LogP contribution in [0.3, 0.4) is 0 Å². The predicted molar refractivity (Wildman–Crippen MR) is 238 cm³/mol. The van der Waals surface area contributed by atoms with E-state index in [0.717, 1.165) is 71.7 Å². The fourth-order valence-electron chi connectivity index (χ4n) is 8.67. The second kappa shape index (κ2) is 12.8. The summed E-state index contributed by atoms with van der Waals surface area (Å²) < 4.78 is 9.61. The highest BCUT2D eigenvalue weighted by Crippen LogP contribution is 2.45. The number of nitrogens with zero attached hydrogens (tertiary/aromatic N) is 4. The zero-order chi connectivity index (χ0) is 38.2. The van der Waals surface area contributed by atoms with Crippen molar-refractivity contribution in [3.05, 3.63) is 194 Å². The van der Waals surface area contributed by atoms with Crippen molar-refractivity contribution in [1.29, 1.82) is 0 Å². The number of benzene rings is 9. The van der Waals surface area contributed by atoms with E-state index in [-0.39, 0.29) is 0 Å². The first kappa shape index (κ1) is 32.4. The van der Waals surface area contributed by atoms with Crippen LogP contribution in [0, 0.1) is 0 Å². The van der Waals surface area contributed by atoms with E-state index in [1.54, 1.807) is 0 Å². The Morgan fingerprint density at radius 1 is 0.345 bits per heavy atom. The van der Waals surface area contributed by atoms with Gasteiger partial charge in [-0.1, -0.05) is 164 Å². The molecule has 0 amide bonds. The fourth-order valence-corrected chi connectivity index (χ4v) is 8.67. The molecule has 5 heteroatoms. The first-order valence-corrected chi connectivity index (χ1v) is 19.5. The van der Waals surface area contributed by atoms with E-state index < -0.39 is 0 Å². The smallest absolute Gasteiger partial charge is 0.164 e. The van der Waals surface area contributed by atoms with E-state index in [9.17, 15) is 0 Å². The topological polar surface area (TPSA) is 56.7 Å². The Kier molecular flexibility index (Phi) is 7.16. The van der Waals surface area contributed by atoms with Gasteiger partial charge in [-0.05, 0) is 57.6 Å². The molecule has 0 radical (unpaired) electrons. The van der Waals surface area contributed by atoms with Gasteiger partial charge in [0.25, 0.3) is 0 Å². The van der Waals surface area contributed by atoms with Gasteiger partial charge in [-0.2, -0.15) is 0 Å². The molecule has 0 N–H and O–H groups in total. The monoisotopic (exact) mass is 740 g/mol. The van der Waals surface area contributed by atoms with E-state index in [1.165, 1.54) is 27.1 Å². The summed E-state index contributed by atoms with van der Waals surface area (Å²) in [6, 6.07) is 68.0. The van der Waals surface area contributed by atoms with Gasteiger partial charge in [0.05, 0.1) is 16.7 Å². The molecule has 0 saturated heterocycles. The first-order valence-electron chi connectivity index (χ1n) is 19.5. The van der Waals surface area contributed by atoms with E-state index in [4.69, 9.17) is 19.4 Å². The molecule has 0 aliphatic carbocycles. The van der Waals surface area contributed by atoms with Crippen molar-refractivity contribution in [1.82, 2.24) is 19.5 Å². The molecule has 0 bridgehead atoms. The standard InChI is InChI=1S/C53H32N4O/c1-4-15-33(16-5-1)38-27-28-41-43-29-36-21-10-11-22-37(36)31-47(43)57(46(41)32-38)45-26-14-25-42-48-44(30-39-23-12-13-24-40(39)50(48)58-49(42)45)53-55-51(34-17-6-2-7-18-34)54-52(56-53)35-19-8-3-9-20-35/h1-32H. The fraction of sp³-hybridized carbons (Fsp3) is 0. The number of fused-ring (bicyclic) bond motifs is 9. The Hall–Kier alpha value is -7.89. The van der Waals surface area contributed by atoms with Crippen molar-refractivity contribution < 1.29 is 4.42 Å². The van der Waals surface area contributed by atoms with Crippen LogP contribution < -0.4 is 0 Å². The molecule has 0 spiro atoms. The van der Waals surface area contributed by atoms with E-state index >= 15 is 0 Å². The van der Waals surface area contributed by atoms with Crippen molar-refractivity contribution >= 4 is 65.3 Å². The van der Waals surface area contributed by atoms with E-state index in [0.29, 0.717) is 17.5 Å². The lowest BCUT2D eigenvalue weighted by Gasteiger charge is -2.11. The molecule has 0 aliphatic heterocycles. The summed E-state index contributed by atoms with van der Waals surface area (Å²) in [5, 5.41) is 8.81. The minimum atomic E-state index is 0.590. The average molecular weight is 741 g/mol. The SMILES string of the molecule is c1ccc(-c2ccc3c4cc5ccccc5cc4n(-c4cccc5c4oc4c6ccccc6cc(-c6nc(-c7ccccc7)nc(-c7ccccc7)n6)c54)c3c2)cc1. The maximum Gasteiger partial charge on any atom is 0.164 e. The predicted octanol–water partition coefficient (Wildman–Crippen LogP) is 13.8. The van der Waals surface area contributed by atoms with Gasteiger partial charge in [-0.15, -0.1) is 0 Å². The van der Waals surface area contributed by atoms with Crippen molar-refractivity contribution in [2.75, 3.05) is 0 Å². The van der Waals surface area contributed by atoms with Crippen molar-refractivity contribution in [2.45, 2.75) is 0 Å². The lowest BCUT2D eigenvalue weighted by atomic mass is 9.99. The summed E-state index contributed by atoms with van der Waals surface area (Å²) in [6.07, 6.45) is 0. The van der Waals surface area contributed by atoms with Crippen LogP contribution >= 0.6 is 0 Å². The second-order valence-corrected chi connectivity index (χ2v) is 14.8. The van der Waals surface area contributed by atoms with Crippen LogP contribution in [-0.2, 0) is 0 Å². The molecule has 3 heterocycles.